The summed E-state index contributed by atoms with van der Waals surface area (Å²) >= 11 is 0. The lowest BCUT2D eigenvalue weighted by molar-refractivity contribution is -0.137. The first kappa shape index (κ1) is 11.3. The molecule has 0 bridgehead atoms. The van der Waals surface area contributed by atoms with Gasteiger partial charge in [0.15, 0.2) is 11.5 Å². The molecule has 2 aromatic heterocycles. The van der Waals surface area contributed by atoms with Crippen LogP contribution in [0.5, 0.6) is 0 Å². The molecule has 1 atom stereocenters. The van der Waals surface area contributed by atoms with Crippen molar-refractivity contribution < 1.29 is 9.90 Å². The Balaban J connectivity index is 2.47. The number of carbonyl (C=O) groups is 1. The number of hydrogen-bond donors (Lipinski definition) is 2. The maximum atomic E-state index is 10.8. The number of nitrogens with two attached hydrogens (primary N) is 1. The highest BCUT2D eigenvalue weighted by molar-refractivity contribution is 5.81. The Hall–Kier alpha value is -2.18. The minimum atomic E-state index is -0.847. The summed E-state index contributed by atoms with van der Waals surface area (Å²) in [6, 6.07) is -0.174. The van der Waals surface area contributed by atoms with Crippen molar-refractivity contribution in [1.82, 2.24) is 19.5 Å². The van der Waals surface area contributed by atoms with Gasteiger partial charge in [0.2, 0.25) is 0 Å². The predicted octanol–water partition coefficient (Wildman–Crippen LogP) is 0.834. The average Bonchev–Trinajstić information content (AvgIpc) is 2.71. The molecule has 2 rings (SSSR count). The first-order valence-electron chi connectivity index (χ1n) is 5.28. The number of rotatable bonds is 4. The molecular formula is C10H13N5O2. The van der Waals surface area contributed by atoms with Gasteiger partial charge in [0, 0.05) is 6.04 Å². The van der Waals surface area contributed by atoms with Crippen molar-refractivity contribution in [3.8, 4) is 0 Å². The van der Waals surface area contributed by atoms with Gasteiger partial charge in [0.05, 0.1) is 12.7 Å². The van der Waals surface area contributed by atoms with E-state index in [1.165, 1.54) is 6.33 Å². The van der Waals surface area contributed by atoms with E-state index >= 15 is 0 Å². The van der Waals surface area contributed by atoms with Gasteiger partial charge in [-0.05, 0) is 6.42 Å². The van der Waals surface area contributed by atoms with Crippen molar-refractivity contribution in [2.75, 3.05) is 5.73 Å². The summed E-state index contributed by atoms with van der Waals surface area (Å²) in [5.41, 5.74) is 6.75. The van der Waals surface area contributed by atoms with Crippen LogP contribution >= 0.6 is 0 Å². The molecule has 0 aromatic carbocycles. The molecule has 0 amide bonds. The quantitative estimate of drug-likeness (QED) is 0.812. The van der Waals surface area contributed by atoms with E-state index in [-0.39, 0.29) is 12.5 Å². The van der Waals surface area contributed by atoms with Crippen LogP contribution in [0.15, 0.2) is 12.7 Å². The zero-order valence-electron chi connectivity index (χ0n) is 9.37. The van der Waals surface area contributed by atoms with E-state index in [0.29, 0.717) is 23.4 Å². The van der Waals surface area contributed by atoms with Gasteiger partial charge in [-0.25, -0.2) is 15.0 Å². The van der Waals surface area contributed by atoms with Crippen LogP contribution in [0.2, 0.25) is 0 Å². The Morgan fingerprint density at radius 2 is 2.29 bits per heavy atom. The van der Waals surface area contributed by atoms with Gasteiger partial charge < -0.3 is 15.4 Å². The van der Waals surface area contributed by atoms with Crippen LogP contribution in [-0.4, -0.2) is 30.6 Å². The van der Waals surface area contributed by atoms with Gasteiger partial charge in [0.1, 0.15) is 11.8 Å². The van der Waals surface area contributed by atoms with Gasteiger partial charge in [-0.1, -0.05) is 6.92 Å². The number of carboxylic acids is 1. The molecule has 0 aliphatic carbocycles. The first-order valence-corrected chi connectivity index (χ1v) is 5.28. The molecule has 0 fully saturated rings. The molecule has 3 N–H and O–H groups in total. The molecule has 0 spiro atoms. The fourth-order valence-corrected chi connectivity index (χ4v) is 1.78. The highest BCUT2D eigenvalue weighted by Crippen LogP contribution is 2.22. The molecule has 90 valence electrons. The Bertz CT molecular complexity index is 551. The Morgan fingerprint density at radius 1 is 1.53 bits per heavy atom. The van der Waals surface area contributed by atoms with Gasteiger partial charge in [-0.2, -0.15) is 0 Å². The molecule has 0 aliphatic rings. The standard InChI is InChI=1S/C10H13N5O2/c1-2-6(3-7(16)17)15-5-14-8-9(11)12-4-13-10(8)15/h4-6H,2-3H2,1H3,(H,16,17)(H2,11,12,13). The highest BCUT2D eigenvalue weighted by Gasteiger charge is 2.17. The zero-order chi connectivity index (χ0) is 12.4. The molecule has 17 heavy (non-hydrogen) atoms. The van der Waals surface area contributed by atoms with Crippen molar-refractivity contribution in [2.24, 2.45) is 0 Å². The predicted molar refractivity (Wildman–Crippen MR) is 61.3 cm³/mol. The lowest BCUT2D eigenvalue weighted by Gasteiger charge is -2.14. The number of imidazole rings is 1. The summed E-state index contributed by atoms with van der Waals surface area (Å²) in [7, 11) is 0. The summed E-state index contributed by atoms with van der Waals surface area (Å²) in [4.78, 5) is 22.8. The number of nitrogens with zero attached hydrogens (tertiary/aromatic N) is 4. The molecule has 2 heterocycles. The number of fused-ring (bicyclic) bond motifs is 1. The summed E-state index contributed by atoms with van der Waals surface area (Å²) < 4.78 is 1.74. The lowest BCUT2D eigenvalue weighted by Crippen LogP contribution is -2.12. The third-order valence-corrected chi connectivity index (χ3v) is 2.66. The monoisotopic (exact) mass is 235 g/mol. The van der Waals surface area contributed by atoms with Crippen LogP contribution in [0.1, 0.15) is 25.8 Å². The molecule has 1 unspecified atom stereocenters. The molecule has 0 saturated carbocycles. The summed E-state index contributed by atoms with van der Waals surface area (Å²) in [5.74, 6) is -0.542. The van der Waals surface area contributed by atoms with Crippen LogP contribution < -0.4 is 5.73 Å². The third kappa shape index (κ3) is 2.03. The largest absolute Gasteiger partial charge is 0.481 e. The minimum absolute atomic E-state index is 0.0336. The van der Waals surface area contributed by atoms with Gasteiger partial charge in [-0.15, -0.1) is 0 Å². The smallest absolute Gasteiger partial charge is 0.305 e. The van der Waals surface area contributed by atoms with Gasteiger partial charge in [-0.3, -0.25) is 4.79 Å². The molecule has 0 radical (unpaired) electrons. The second kappa shape index (κ2) is 4.36. The van der Waals surface area contributed by atoms with Crippen LogP contribution in [0.25, 0.3) is 11.2 Å². The molecular weight excluding hydrogens is 222 g/mol. The van der Waals surface area contributed by atoms with Crippen molar-refractivity contribution in [1.29, 1.82) is 0 Å². The fraction of sp³-hybridized carbons (Fsp3) is 0.400. The van der Waals surface area contributed by atoms with Crippen LogP contribution in [-0.2, 0) is 4.79 Å². The van der Waals surface area contributed by atoms with E-state index < -0.39 is 5.97 Å². The first-order chi connectivity index (χ1) is 8.13. The van der Waals surface area contributed by atoms with Crippen molar-refractivity contribution in [3.63, 3.8) is 0 Å². The van der Waals surface area contributed by atoms with Gasteiger partial charge in [0.25, 0.3) is 0 Å². The van der Waals surface area contributed by atoms with Crippen LogP contribution in [0.4, 0.5) is 5.82 Å². The average molecular weight is 235 g/mol. The molecule has 0 saturated heterocycles. The fourth-order valence-electron chi connectivity index (χ4n) is 1.78. The van der Waals surface area contributed by atoms with E-state index in [1.807, 2.05) is 6.92 Å². The normalized spacial score (nSPS) is 12.8. The number of aromatic nitrogens is 4. The van der Waals surface area contributed by atoms with E-state index in [1.54, 1.807) is 10.9 Å². The van der Waals surface area contributed by atoms with Crippen molar-refractivity contribution in [2.45, 2.75) is 25.8 Å². The Morgan fingerprint density at radius 3 is 2.94 bits per heavy atom. The van der Waals surface area contributed by atoms with Crippen molar-refractivity contribution >= 4 is 23.0 Å². The SMILES string of the molecule is CCC(CC(=O)O)n1cnc2c(N)ncnc21. The summed E-state index contributed by atoms with van der Waals surface area (Å²) in [5, 5.41) is 8.85. The molecule has 2 aromatic rings. The zero-order valence-corrected chi connectivity index (χ0v) is 9.37. The van der Waals surface area contributed by atoms with E-state index in [0.717, 1.165) is 0 Å². The maximum Gasteiger partial charge on any atom is 0.305 e. The minimum Gasteiger partial charge on any atom is -0.481 e. The summed E-state index contributed by atoms with van der Waals surface area (Å²) in [6.45, 7) is 1.92. The topological polar surface area (TPSA) is 107 Å². The Kier molecular flexibility index (Phi) is 2.90. The highest BCUT2D eigenvalue weighted by atomic mass is 16.4. The third-order valence-electron chi connectivity index (χ3n) is 2.66. The van der Waals surface area contributed by atoms with Crippen molar-refractivity contribution in [3.05, 3.63) is 12.7 Å². The lowest BCUT2D eigenvalue weighted by atomic mass is 10.1. The molecule has 0 aliphatic heterocycles. The second-order valence-corrected chi connectivity index (χ2v) is 3.74. The molecule has 7 nitrogen and oxygen atoms in total. The van der Waals surface area contributed by atoms with E-state index in [4.69, 9.17) is 10.8 Å². The van der Waals surface area contributed by atoms with Crippen LogP contribution in [0, 0.1) is 0 Å². The Labute approximate surface area is 97.3 Å². The number of aliphatic carboxylic acids is 1. The number of hydrogen-bond acceptors (Lipinski definition) is 5. The maximum absolute atomic E-state index is 10.8. The number of nitrogen functional groups attached to an aromatic ring is 1. The van der Waals surface area contributed by atoms with Crippen LogP contribution in [0.3, 0.4) is 0 Å². The second-order valence-electron chi connectivity index (χ2n) is 3.74. The molecule has 7 heteroatoms. The number of anilines is 1. The number of carboxylic acid groups (broad SMARTS) is 1. The van der Waals surface area contributed by atoms with E-state index in [2.05, 4.69) is 15.0 Å². The van der Waals surface area contributed by atoms with Gasteiger partial charge >= 0.3 is 5.97 Å². The van der Waals surface area contributed by atoms with E-state index in [9.17, 15) is 4.79 Å². The summed E-state index contributed by atoms with van der Waals surface area (Å²) in [6.07, 6.45) is 3.63.